The van der Waals surface area contributed by atoms with Gasteiger partial charge in [0.25, 0.3) is 0 Å². The lowest BCUT2D eigenvalue weighted by Gasteiger charge is -2.30. The van der Waals surface area contributed by atoms with Crippen molar-refractivity contribution in [1.29, 1.82) is 0 Å². The molecule has 0 aliphatic carbocycles. The summed E-state index contributed by atoms with van der Waals surface area (Å²) in [5.74, 6) is 0.784. The molecular weight excluding hydrogens is 438 g/mol. The van der Waals surface area contributed by atoms with Gasteiger partial charge in [0.2, 0.25) is 0 Å². The summed E-state index contributed by atoms with van der Waals surface area (Å²) in [6, 6.07) is 14.8. The first-order valence-electron chi connectivity index (χ1n) is 12.4. The quantitative estimate of drug-likeness (QED) is 0.274. The summed E-state index contributed by atoms with van der Waals surface area (Å²) >= 11 is 0. The van der Waals surface area contributed by atoms with Crippen molar-refractivity contribution < 1.29 is 4.42 Å². The lowest BCUT2D eigenvalue weighted by atomic mass is 9.99. The van der Waals surface area contributed by atoms with E-state index < -0.39 is 0 Å². The molecule has 5 aromatic rings. The van der Waals surface area contributed by atoms with Crippen LogP contribution < -0.4 is 16.2 Å². The molecule has 6 heteroatoms. The zero-order valence-electron chi connectivity index (χ0n) is 20.1. The average molecular weight is 468 g/mol. The molecule has 0 radical (unpaired) electrons. The highest BCUT2D eigenvalue weighted by atomic mass is 16.3. The fourth-order valence-corrected chi connectivity index (χ4v) is 5.33. The van der Waals surface area contributed by atoms with E-state index in [0.717, 1.165) is 36.6 Å². The van der Waals surface area contributed by atoms with Gasteiger partial charge in [-0.15, -0.1) is 0 Å². The van der Waals surface area contributed by atoms with Crippen molar-refractivity contribution in [1.82, 2.24) is 9.88 Å². The molecule has 0 spiro atoms. The number of hydrogen-bond donors (Lipinski definition) is 2. The molecule has 6 rings (SSSR count). The topological polar surface area (TPSA) is 78.3 Å². The Morgan fingerprint density at radius 1 is 0.971 bits per heavy atom. The van der Waals surface area contributed by atoms with Crippen LogP contribution in [0.5, 0.6) is 0 Å². The van der Waals surface area contributed by atoms with E-state index in [4.69, 9.17) is 4.42 Å². The highest BCUT2D eigenvalue weighted by molar-refractivity contribution is 6.14. The summed E-state index contributed by atoms with van der Waals surface area (Å²) in [4.78, 5) is 33.3. The van der Waals surface area contributed by atoms with Crippen LogP contribution >= 0.6 is 0 Å². The number of aryl methyl sites for hydroxylation is 1. The summed E-state index contributed by atoms with van der Waals surface area (Å²) in [6.07, 6.45) is 2.44. The average Bonchev–Trinajstić information content (AvgIpc) is 2.87. The predicted octanol–water partition coefficient (Wildman–Crippen LogP) is 5.39. The maximum atomic E-state index is 13.7. The van der Waals surface area contributed by atoms with Gasteiger partial charge in [0.1, 0.15) is 0 Å². The highest BCUT2D eigenvalue weighted by Crippen LogP contribution is 2.31. The van der Waals surface area contributed by atoms with Crippen LogP contribution in [0, 0.1) is 12.8 Å². The third kappa shape index (κ3) is 3.78. The third-order valence-electron chi connectivity index (χ3n) is 7.40. The molecule has 0 saturated carbocycles. The molecule has 0 bridgehead atoms. The van der Waals surface area contributed by atoms with Crippen molar-refractivity contribution in [3.63, 3.8) is 0 Å². The molecule has 0 atom stereocenters. The number of hydrogen-bond acceptors (Lipinski definition) is 5. The number of aromatic nitrogens is 1. The number of aromatic amines is 1. The molecule has 1 aliphatic heterocycles. The second kappa shape index (κ2) is 8.54. The molecule has 4 aromatic carbocycles. The first-order valence-corrected chi connectivity index (χ1v) is 12.4. The van der Waals surface area contributed by atoms with Crippen molar-refractivity contribution in [2.45, 2.75) is 26.7 Å². The van der Waals surface area contributed by atoms with E-state index in [1.54, 1.807) is 24.3 Å². The van der Waals surface area contributed by atoms with Gasteiger partial charge in [0.05, 0.1) is 27.5 Å². The zero-order chi connectivity index (χ0) is 24.1. The van der Waals surface area contributed by atoms with Gasteiger partial charge in [-0.25, -0.2) is 0 Å². The summed E-state index contributed by atoms with van der Waals surface area (Å²) in [6.45, 7) is 8.08. The summed E-state index contributed by atoms with van der Waals surface area (Å²) in [5, 5.41) is 5.16. The molecule has 1 aromatic heterocycles. The number of piperidine rings is 1. The smallest absolute Gasteiger partial charge is 0.196 e. The Hall–Kier alpha value is -3.64. The molecule has 0 amide bonds. The second-order valence-electron chi connectivity index (χ2n) is 9.93. The SMILES string of the molecule is Cc1ccc2oc3cc(NCCN4CCC(C)CC4)c4c(=O)c5ccccc5c(=O)c4c3[nH]c2c1. The van der Waals surface area contributed by atoms with Gasteiger partial charge in [-0.1, -0.05) is 37.3 Å². The third-order valence-corrected chi connectivity index (χ3v) is 7.40. The van der Waals surface area contributed by atoms with Crippen LogP contribution in [-0.4, -0.2) is 36.1 Å². The van der Waals surface area contributed by atoms with Crippen molar-refractivity contribution in [2.24, 2.45) is 5.92 Å². The molecule has 1 saturated heterocycles. The number of likely N-dealkylation sites (tertiary alicyclic amines) is 1. The number of nitrogens with zero attached hydrogens (tertiary/aromatic N) is 1. The van der Waals surface area contributed by atoms with Crippen LogP contribution in [0.1, 0.15) is 25.3 Å². The lowest BCUT2D eigenvalue weighted by Crippen LogP contribution is -2.36. The molecular formula is C29H29N3O3. The number of fused-ring (bicyclic) bond motifs is 5. The number of nitrogens with one attached hydrogen (secondary N) is 2. The normalized spacial score (nSPS) is 15.5. The molecule has 6 nitrogen and oxygen atoms in total. The lowest BCUT2D eigenvalue weighted by molar-refractivity contribution is 0.199. The van der Waals surface area contributed by atoms with Gasteiger partial charge in [0, 0.05) is 29.9 Å². The first-order chi connectivity index (χ1) is 17.0. The Kier molecular flexibility index (Phi) is 5.33. The van der Waals surface area contributed by atoms with Gasteiger partial charge in [-0.05, 0) is 56.5 Å². The largest absolute Gasteiger partial charge is 0.453 e. The maximum absolute atomic E-state index is 13.7. The van der Waals surface area contributed by atoms with Gasteiger partial charge < -0.3 is 19.6 Å². The van der Waals surface area contributed by atoms with Gasteiger partial charge in [-0.2, -0.15) is 0 Å². The minimum absolute atomic E-state index is 0.135. The van der Waals surface area contributed by atoms with Gasteiger partial charge in [0.15, 0.2) is 22.0 Å². The summed E-state index contributed by atoms with van der Waals surface area (Å²) in [7, 11) is 0. The van der Waals surface area contributed by atoms with Crippen LogP contribution in [0.3, 0.4) is 0 Å². The molecule has 2 heterocycles. The van der Waals surface area contributed by atoms with Crippen LogP contribution in [0.15, 0.2) is 62.5 Å². The fourth-order valence-electron chi connectivity index (χ4n) is 5.33. The van der Waals surface area contributed by atoms with E-state index in [0.29, 0.717) is 50.5 Å². The number of H-pyrrole nitrogens is 1. The summed E-state index contributed by atoms with van der Waals surface area (Å²) < 4.78 is 6.24. The Morgan fingerprint density at radius 2 is 1.69 bits per heavy atom. The molecule has 0 unspecified atom stereocenters. The fraction of sp³-hybridized carbons (Fsp3) is 0.310. The number of anilines is 1. The second-order valence-corrected chi connectivity index (χ2v) is 9.93. The van der Waals surface area contributed by atoms with E-state index in [9.17, 15) is 9.59 Å². The van der Waals surface area contributed by atoms with E-state index in [2.05, 4.69) is 22.1 Å². The van der Waals surface area contributed by atoms with Crippen molar-refractivity contribution in [2.75, 3.05) is 31.5 Å². The minimum Gasteiger partial charge on any atom is -0.453 e. The minimum atomic E-state index is -0.160. The van der Waals surface area contributed by atoms with Gasteiger partial charge in [-0.3, -0.25) is 9.59 Å². The first kappa shape index (κ1) is 21.9. The molecule has 1 aliphatic rings. The van der Waals surface area contributed by atoms with Crippen LogP contribution in [0.2, 0.25) is 0 Å². The molecule has 1 fully saturated rings. The molecule has 2 N–H and O–H groups in total. The molecule has 178 valence electrons. The van der Waals surface area contributed by atoms with E-state index in [-0.39, 0.29) is 10.9 Å². The number of rotatable bonds is 4. The molecule has 35 heavy (non-hydrogen) atoms. The van der Waals surface area contributed by atoms with Crippen LogP contribution in [-0.2, 0) is 0 Å². The Labute approximate surface area is 202 Å². The van der Waals surface area contributed by atoms with Crippen molar-refractivity contribution >= 4 is 49.4 Å². The van der Waals surface area contributed by atoms with Crippen LogP contribution in [0.25, 0.3) is 43.7 Å². The number of benzene rings is 4. The van der Waals surface area contributed by atoms with Crippen molar-refractivity contribution in [3.8, 4) is 0 Å². The zero-order valence-corrected chi connectivity index (χ0v) is 20.1. The Bertz CT molecular complexity index is 1710. The van der Waals surface area contributed by atoms with E-state index in [1.807, 2.05) is 31.2 Å². The highest BCUT2D eigenvalue weighted by Gasteiger charge is 2.20. The Morgan fingerprint density at radius 3 is 2.43 bits per heavy atom. The standard InChI is InChI=1S/C29H29N3O3/c1-17-9-12-32(13-10-17)14-11-30-22-16-24-27(31-21-15-18(2)7-8-23(21)35-24)26-25(22)28(33)19-5-3-4-6-20(19)29(26)34/h3-8,15-17,30-31H,9-14H2,1-2H3. The maximum Gasteiger partial charge on any atom is 0.196 e. The summed E-state index contributed by atoms with van der Waals surface area (Å²) in [5.41, 5.74) is 4.03. The Balaban J connectivity index is 1.55. The van der Waals surface area contributed by atoms with E-state index >= 15 is 0 Å². The predicted molar refractivity (Wildman–Crippen MR) is 144 cm³/mol. The van der Waals surface area contributed by atoms with Crippen molar-refractivity contribution in [3.05, 3.63) is 74.5 Å². The monoisotopic (exact) mass is 467 g/mol. The van der Waals surface area contributed by atoms with Gasteiger partial charge >= 0.3 is 0 Å². The van der Waals surface area contributed by atoms with E-state index in [1.165, 1.54) is 12.8 Å². The van der Waals surface area contributed by atoms with Crippen LogP contribution in [0.4, 0.5) is 5.69 Å².